The van der Waals surface area contributed by atoms with Gasteiger partial charge < -0.3 is 10.1 Å². The number of hydrogen-bond acceptors (Lipinski definition) is 4. The number of nitrogens with one attached hydrogen (secondary N) is 2. The van der Waals surface area contributed by atoms with Gasteiger partial charge >= 0.3 is 0 Å². The van der Waals surface area contributed by atoms with E-state index in [2.05, 4.69) is 15.8 Å². The number of carbonyl (C=O) groups excluding carboxylic acids is 2. The molecule has 1 aromatic carbocycles. The van der Waals surface area contributed by atoms with Crippen molar-refractivity contribution < 1.29 is 14.3 Å². The Bertz CT molecular complexity index is 566. The van der Waals surface area contributed by atoms with Gasteiger partial charge in [-0.25, -0.2) is 5.43 Å². The van der Waals surface area contributed by atoms with Crippen LogP contribution in [-0.4, -0.2) is 31.2 Å². The van der Waals surface area contributed by atoms with Crippen LogP contribution in [0, 0.1) is 0 Å². The largest absolute Gasteiger partial charge is 0.496 e. The van der Waals surface area contributed by atoms with E-state index in [9.17, 15) is 9.59 Å². The van der Waals surface area contributed by atoms with Gasteiger partial charge in [0.25, 0.3) is 0 Å². The van der Waals surface area contributed by atoms with Gasteiger partial charge in [0, 0.05) is 11.6 Å². The van der Waals surface area contributed by atoms with E-state index in [1.165, 1.54) is 12.6 Å². The van der Waals surface area contributed by atoms with Gasteiger partial charge in [-0.2, -0.15) is 5.10 Å². The van der Waals surface area contributed by atoms with Gasteiger partial charge in [0.1, 0.15) is 12.2 Å². The van der Waals surface area contributed by atoms with Crippen LogP contribution >= 0.6 is 0 Å². The first-order valence-electron chi connectivity index (χ1n) is 7.93. The molecule has 1 fully saturated rings. The summed E-state index contributed by atoms with van der Waals surface area (Å²) >= 11 is 0. The lowest BCUT2D eigenvalue weighted by atomic mass is 9.95. The van der Waals surface area contributed by atoms with Crippen LogP contribution in [0.2, 0.25) is 0 Å². The second kappa shape index (κ2) is 8.92. The standard InChI is InChI=1S/C17H23N3O3/c1-23-15-10-6-5-7-13(15)12-18-20-17(22)11-16(21)19-14-8-3-2-4-9-14/h5-7,10,12,14H,2-4,8-9,11H2,1H3,(H,19,21)(H,20,22). The first kappa shape index (κ1) is 17.0. The van der Waals surface area contributed by atoms with Crippen molar-refractivity contribution in [2.75, 3.05) is 7.11 Å². The molecule has 23 heavy (non-hydrogen) atoms. The molecule has 1 aliphatic carbocycles. The quantitative estimate of drug-likeness (QED) is 0.478. The highest BCUT2D eigenvalue weighted by atomic mass is 16.5. The van der Waals surface area contributed by atoms with E-state index >= 15 is 0 Å². The molecule has 2 N–H and O–H groups in total. The molecule has 6 nitrogen and oxygen atoms in total. The first-order chi connectivity index (χ1) is 11.2. The van der Waals surface area contributed by atoms with Crippen LogP contribution in [0.3, 0.4) is 0 Å². The van der Waals surface area contributed by atoms with Crippen molar-refractivity contribution in [2.24, 2.45) is 5.10 Å². The van der Waals surface area contributed by atoms with Gasteiger partial charge in [-0.15, -0.1) is 0 Å². The van der Waals surface area contributed by atoms with Gasteiger partial charge in [0.05, 0.1) is 13.3 Å². The average Bonchev–Trinajstić information content (AvgIpc) is 2.56. The molecule has 0 radical (unpaired) electrons. The van der Waals surface area contributed by atoms with Gasteiger partial charge in [-0.1, -0.05) is 31.4 Å². The van der Waals surface area contributed by atoms with E-state index < -0.39 is 5.91 Å². The number of methoxy groups -OCH3 is 1. The van der Waals surface area contributed by atoms with Crippen molar-refractivity contribution in [3.05, 3.63) is 29.8 Å². The monoisotopic (exact) mass is 317 g/mol. The minimum absolute atomic E-state index is 0.209. The molecule has 1 aromatic rings. The van der Waals surface area contributed by atoms with Crippen LogP contribution in [0.15, 0.2) is 29.4 Å². The maximum atomic E-state index is 11.8. The van der Waals surface area contributed by atoms with Crippen LogP contribution in [0.5, 0.6) is 5.75 Å². The zero-order valence-electron chi connectivity index (χ0n) is 13.4. The number of benzene rings is 1. The van der Waals surface area contributed by atoms with E-state index in [0.717, 1.165) is 31.2 Å². The molecule has 1 aliphatic rings. The fourth-order valence-electron chi connectivity index (χ4n) is 2.66. The minimum atomic E-state index is -0.426. The Hall–Kier alpha value is -2.37. The summed E-state index contributed by atoms with van der Waals surface area (Å²) in [7, 11) is 1.57. The van der Waals surface area contributed by atoms with Crippen LogP contribution in [0.25, 0.3) is 0 Å². The summed E-state index contributed by atoms with van der Waals surface area (Å²) in [6.45, 7) is 0. The van der Waals surface area contributed by atoms with E-state index in [1.807, 2.05) is 18.2 Å². The van der Waals surface area contributed by atoms with E-state index in [4.69, 9.17) is 4.74 Å². The molecule has 0 unspecified atom stereocenters. The second-order valence-corrected chi connectivity index (χ2v) is 5.61. The predicted octanol–water partition coefficient (Wildman–Crippen LogP) is 1.98. The third-order valence-electron chi connectivity index (χ3n) is 3.82. The van der Waals surface area contributed by atoms with Crippen LogP contribution in [0.1, 0.15) is 44.1 Å². The zero-order valence-corrected chi connectivity index (χ0v) is 13.4. The molecule has 124 valence electrons. The number of nitrogens with zero attached hydrogens (tertiary/aromatic N) is 1. The van der Waals surface area contributed by atoms with Crippen LogP contribution in [-0.2, 0) is 9.59 Å². The summed E-state index contributed by atoms with van der Waals surface area (Å²) in [6, 6.07) is 7.54. The lowest BCUT2D eigenvalue weighted by Crippen LogP contribution is -2.38. The van der Waals surface area contributed by atoms with E-state index in [1.54, 1.807) is 13.2 Å². The van der Waals surface area contributed by atoms with Crippen LogP contribution in [0.4, 0.5) is 0 Å². The second-order valence-electron chi connectivity index (χ2n) is 5.61. The molecule has 2 rings (SSSR count). The molecular weight excluding hydrogens is 294 g/mol. The van der Waals surface area contributed by atoms with Crippen LogP contribution < -0.4 is 15.5 Å². The van der Waals surface area contributed by atoms with Gasteiger partial charge in [0.15, 0.2) is 0 Å². The summed E-state index contributed by atoms with van der Waals surface area (Å²) < 4.78 is 5.18. The molecule has 2 amide bonds. The van der Waals surface area contributed by atoms with E-state index in [-0.39, 0.29) is 18.4 Å². The number of carbonyl (C=O) groups is 2. The Morgan fingerprint density at radius 3 is 2.70 bits per heavy atom. The Labute approximate surface area is 136 Å². The fraction of sp³-hybridized carbons (Fsp3) is 0.471. The Morgan fingerprint density at radius 2 is 1.96 bits per heavy atom. The summed E-state index contributed by atoms with van der Waals surface area (Å²) in [5.41, 5.74) is 3.12. The summed E-state index contributed by atoms with van der Waals surface area (Å²) in [6.07, 6.45) is 6.79. The lowest BCUT2D eigenvalue weighted by Gasteiger charge is -2.22. The summed E-state index contributed by atoms with van der Waals surface area (Å²) in [5, 5.41) is 6.77. The topological polar surface area (TPSA) is 79.8 Å². The molecule has 0 spiro atoms. The third-order valence-corrected chi connectivity index (χ3v) is 3.82. The number of para-hydroxylation sites is 1. The molecule has 0 saturated heterocycles. The number of amides is 2. The SMILES string of the molecule is COc1ccccc1C=NNC(=O)CC(=O)NC1CCCCC1. The van der Waals surface area contributed by atoms with Gasteiger partial charge in [0.2, 0.25) is 11.8 Å². The Morgan fingerprint density at radius 1 is 1.22 bits per heavy atom. The first-order valence-corrected chi connectivity index (χ1v) is 7.93. The molecule has 0 aromatic heterocycles. The third kappa shape index (κ3) is 5.73. The smallest absolute Gasteiger partial charge is 0.249 e. The summed E-state index contributed by atoms with van der Waals surface area (Å²) in [4.78, 5) is 23.5. The van der Waals surface area contributed by atoms with Gasteiger partial charge in [-0.05, 0) is 25.0 Å². The zero-order chi connectivity index (χ0) is 16.5. The number of hydrazone groups is 1. The molecule has 0 heterocycles. The number of hydrogen-bond donors (Lipinski definition) is 2. The lowest BCUT2D eigenvalue weighted by molar-refractivity contribution is -0.129. The van der Waals surface area contributed by atoms with Crippen molar-refractivity contribution >= 4 is 18.0 Å². The van der Waals surface area contributed by atoms with E-state index in [0.29, 0.717) is 5.75 Å². The Balaban J connectivity index is 1.75. The van der Waals surface area contributed by atoms with Crippen molar-refractivity contribution in [2.45, 2.75) is 44.6 Å². The molecule has 0 aliphatic heterocycles. The highest BCUT2D eigenvalue weighted by Crippen LogP contribution is 2.17. The number of ether oxygens (including phenoxy) is 1. The number of rotatable bonds is 6. The molecule has 0 bridgehead atoms. The predicted molar refractivity (Wildman–Crippen MR) is 88.4 cm³/mol. The van der Waals surface area contributed by atoms with Crippen molar-refractivity contribution in [3.63, 3.8) is 0 Å². The molecule has 0 atom stereocenters. The normalized spacial score (nSPS) is 15.3. The van der Waals surface area contributed by atoms with Crippen molar-refractivity contribution in [3.8, 4) is 5.75 Å². The summed E-state index contributed by atoms with van der Waals surface area (Å²) in [5.74, 6) is -0.00751. The highest BCUT2D eigenvalue weighted by Gasteiger charge is 2.17. The minimum Gasteiger partial charge on any atom is -0.496 e. The Kier molecular flexibility index (Phi) is 6.59. The molecule has 1 saturated carbocycles. The maximum absolute atomic E-state index is 11.8. The highest BCUT2D eigenvalue weighted by molar-refractivity contribution is 5.97. The fourth-order valence-corrected chi connectivity index (χ4v) is 2.66. The van der Waals surface area contributed by atoms with Gasteiger partial charge in [-0.3, -0.25) is 9.59 Å². The molecule has 6 heteroatoms. The molecular formula is C17H23N3O3. The maximum Gasteiger partial charge on any atom is 0.249 e. The van der Waals surface area contributed by atoms with Crippen molar-refractivity contribution in [1.82, 2.24) is 10.7 Å². The average molecular weight is 317 g/mol. The van der Waals surface area contributed by atoms with Crippen molar-refractivity contribution in [1.29, 1.82) is 0 Å².